The van der Waals surface area contributed by atoms with Gasteiger partial charge >= 0.3 is 7.82 Å². The van der Waals surface area contributed by atoms with E-state index in [0.717, 1.165) is 44.9 Å². The standard InChI is InChI=1S/C48H91N2O7P/c1-3-5-7-9-11-13-15-17-19-21-22-24-25-27-29-31-33-35-37-39-45(51)43-48(53)50-46(44-57-58(54,55)56-42-41-49)47(52)40-38-36-34-32-30-28-26-23-20-18-16-14-12-10-8-6-4-2/h5,7,11,13,30,32,38,40,45-47,51-52H,3-4,6,8-10,12,14-29,31,33-37,39,41-44,49H2,1-2H3,(H,50,53)(H,54,55)/b7-5-,13-11-,32-30+,40-38+. The van der Waals surface area contributed by atoms with Gasteiger partial charge in [-0.2, -0.15) is 0 Å². The number of unbranched alkanes of at least 4 members (excludes halogenated alkanes) is 24. The fourth-order valence-electron chi connectivity index (χ4n) is 6.88. The second kappa shape index (κ2) is 43.5. The van der Waals surface area contributed by atoms with E-state index in [4.69, 9.17) is 14.8 Å². The van der Waals surface area contributed by atoms with E-state index in [-0.39, 0.29) is 19.6 Å². The average Bonchev–Trinajstić information content (AvgIpc) is 3.20. The van der Waals surface area contributed by atoms with E-state index in [2.05, 4.69) is 55.6 Å². The van der Waals surface area contributed by atoms with E-state index in [0.29, 0.717) is 12.8 Å². The van der Waals surface area contributed by atoms with Crippen molar-refractivity contribution in [3.63, 3.8) is 0 Å². The van der Waals surface area contributed by atoms with Crippen LogP contribution in [0.2, 0.25) is 0 Å². The number of aliphatic hydroxyl groups is 2. The number of rotatable bonds is 44. The van der Waals surface area contributed by atoms with Crippen LogP contribution in [0, 0.1) is 0 Å². The lowest BCUT2D eigenvalue weighted by Gasteiger charge is -2.24. The SMILES string of the molecule is CC/C=C\C/C=C\CCCCCCCCCCCCCCC(O)CC(=O)NC(COP(=O)(O)OCCN)C(O)/C=C/CC/C=C/CCCCCCCCCCCCC. The highest BCUT2D eigenvalue weighted by atomic mass is 31.2. The first kappa shape index (κ1) is 56.4. The van der Waals surface area contributed by atoms with Crippen molar-refractivity contribution in [2.45, 2.75) is 231 Å². The maximum Gasteiger partial charge on any atom is 0.472 e. The first-order valence-corrected chi connectivity index (χ1v) is 25.3. The van der Waals surface area contributed by atoms with Gasteiger partial charge in [0.05, 0.1) is 37.9 Å². The van der Waals surface area contributed by atoms with Crippen molar-refractivity contribution < 1.29 is 33.5 Å². The molecular formula is C48H91N2O7P. The van der Waals surface area contributed by atoms with Gasteiger partial charge in [0.2, 0.25) is 5.91 Å². The molecule has 0 fully saturated rings. The minimum Gasteiger partial charge on any atom is -0.393 e. The van der Waals surface area contributed by atoms with Crippen LogP contribution in [0.5, 0.6) is 0 Å². The summed E-state index contributed by atoms with van der Waals surface area (Å²) in [5.41, 5.74) is 5.37. The van der Waals surface area contributed by atoms with Crippen LogP contribution in [-0.4, -0.2) is 59.0 Å². The van der Waals surface area contributed by atoms with E-state index < -0.39 is 38.6 Å². The maximum atomic E-state index is 12.8. The molecule has 0 bridgehead atoms. The third-order valence-electron chi connectivity index (χ3n) is 10.4. The van der Waals surface area contributed by atoms with Crippen molar-refractivity contribution in [2.24, 2.45) is 5.73 Å². The fraction of sp³-hybridized carbons (Fsp3) is 0.812. The van der Waals surface area contributed by atoms with E-state index in [1.807, 2.05) is 6.08 Å². The number of phosphoric ester groups is 1. The van der Waals surface area contributed by atoms with Crippen LogP contribution in [0.25, 0.3) is 0 Å². The van der Waals surface area contributed by atoms with Crippen LogP contribution >= 0.6 is 7.82 Å². The summed E-state index contributed by atoms with van der Waals surface area (Å²) in [6.45, 7) is 3.86. The Kier molecular flexibility index (Phi) is 42.3. The molecule has 10 heteroatoms. The smallest absolute Gasteiger partial charge is 0.393 e. The number of nitrogens with one attached hydrogen (secondary N) is 1. The average molecular weight is 839 g/mol. The van der Waals surface area contributed by atoms with Crippen LogP contribution in [0.1, 0.15) is 213 Å². The number of phosphoric acid groups is 1. The van der Waals surface area contributed by atoms with Crippen molar-refractivity contribution in [2.75, 3.05) is 19.8 Å². The molecule has 0 saturated heterocycles. The lowest BCUT2D eigenvalue weighted by molar-refractivity contribution is -0.124. The zero-order valence-electron chi connectivity index (χ0n) is 37.4. The summed E-state index contributed by atoms with van der Waals surface area (Å²) >= 11 is 0. The van der Waals surface area contributed by atoms with Crippen molar-refractivity contribution in [3.8, 4) is 0 Å². The van der Waals surface area contributed by atoms with Crippen LogP contribution < -0.4 is 11.1 Å². The predicted molar refractivity (Wildman–Crippen MR) is 246 cm³/mol. The maximum absolute atomic E-state index is 12.8. The quantitative estimate of drug-likeness (QED) is 0.0231. The molecule has 0 aliphatic heterocycles. The van der Waals surface area contributed by atoms with Crippen LogP contribution in [0.15, 0.2) is 48.6 Å². The number of carbonyl (C=O) groups is 1. The number of allylic oxidation sites excluding steroid dienone is 7. The molecule has 0 rings (SSSR count). The zero-order valence-corrected chi connectivity index (χ0v) is 38.3. The normalized spacial score (nSPS) is 14.9. The molecule has 0 radical (unpaired) electrons. The lowest BCUT2D eigenvalue weighted by Crippen LogP contribution is -2.46. The van der Waals surface area contributed by atoms with Gasteiger partial charge in [0, 0.05) is 6.54 Å². The molecule has 0 aromatic carbocycles. The molecule has 6 N–H and O–H groups in total. The van der Waals surface area contributed by atoms with Crippen LogP contribution in [-0.2, 0) is 18.4 Å². The molecule has 0 spiro atoms. The van der Waals surface area contributed by atoms with Gasteiger partial charge in [0.1, 0.15) is 0 Å². The Morgan fingerprint density at radius 3 is 1.62 bits per heavy atom. The molecule has 4 unspecified atom stereocenters. The molecule has 0 aliphatic rings. The highest BCUT2D eigenvalue weighted by Gasteiger charge is 2.27. The summed E-state index contributed by atoms with van der Waals surface area (Å²) in [6, 6.07) is -1.00. The Labute approximate surface area is 356 Å². The first-order chi connectivity index (χ1) is 28.3. The number of amides is 1. The molecule has 4 atom stereocenters. The van der Waals surface area contributed by atoms with E-state index >= 15 is 0 Å². The molecule has 340 valence electrons. The topological polar surface area (TPSA) is 151 Å². The first-order valence-electron chi connectivity index (χ1n) is 23.8. The lowest BCUT2D eigenvalue weighted by atomic mass is 10.0. The third-order valence-corrected chi connectivity index (χ3v) is 11.4. The second-order valence-corrected chi connectivity index (χ2v) is 17.6. The predicted octanol–water partition coefficient (Wildman–Crippen LogP) is 12.6. The molecule has 0 aromatic rings. The van der Waals surface area contributed by atoms with Crippen molar-refractivity contribution in [3.05, 3.63) is 48.6 Å². The summed E-state index contributed by atoms with van der Waals surface area (Å²) in [7, 11) is -4.41. The zero-order chi connectivity index (χ0) is 42.6. The van der Waals surface area contributed by atoms with Gasteiger partial charge in [0.15, 0.2) is 0 Å². The summed E-state index contributed by atoms with van der Waals surface area (Å²) < 4.78 is 22.1. The highest BCUT2D eigenvalue weighted by molar-refractivity contribution is 7.47. The van der Waals surface area contributed by atoms with E-state index in [1.54, 1.807) is 6.08 Å². The van der Waals surface area contributed by atoms with Gasteiger partial charge in [-0.1, -0.05) is 197 Å². The summed E-state index contributed by atoms with van der Waals surface area (Å²) in [6.07, 6.45) is 50.6. The van der Waals surface area contributed by atoms with Gasteiger partial charge in [-0.15, -0.1) is 0 Å². The van der Waals surface area contributed by atoms with Crippen LogP contribution in [0.4, 0.5) is 0 Å². The summed E-state index contributed by atoms with van der Waals surface area (Å²) in [5.74, 6) is -0.457. The number of carbonyl (C=O) groups excluding carboxylic acids is 1. The molecule has 0 saturated carbocycles. The summed E-state index contributed by atoms with van der Waals surface area (Å²) in [4.78, 5) is 22.8. The van der Waals surface area contributed by atoms with Gasteiger partial charge in [0.25, 0.3) is 0 Å². The fourth-order valence-corrected chi connectivity index (χ4v) is 7.64. The van der Waals surface area contributed by atoms with Gasteiger partial charge in [-0.25, -0.2) is 4.57 Å². The Hall–Kier alpha value is -1.58. The van der Waals surface area contributed by atoms with Gasteiger partial charge < -0.3 is 26.2 Å². The molecule has 0 aliphatic carbocycles. The number of aliphatic hydroxyl groups excluding tert-OH is 2. The number of hydrogen-bond acceptors (Lipinski definition) is 7. The van der Waals surface area contributed by atoms with Gasteiger partial charge in [-0.3, -0.25) is 13.8 Å². The largest absolute Gasteiger partial charge is 0.472 e. The minimum absolute atomic E-state index is 0.0436. The van der Waals surface area contributed by atoms with Crippen molar-refractivity contribution in [1.29, 1.82) is 0 Å². The molecule has 58 heavy (non-hydrogen) atoms. The van der Waals surface area contributed by atoms with Gasteiger partial charge in [-0.05, 0) is 57.8 Å². The third kappa shape index (κ3) is 41.2. The second-order valence-electron chi connectivity index (χ2n) is 16.1. The van der Waals surface area contributed by atoms with Crippen molar-refractivity contribution >= 4 is 13.7 Å². The summed E-state index contributed by atoms with van der Waals surface area (Å²) in [5, 5.41) is 24.1. The van der Waals surface area contributed by atoms with E-state index in [9.17, 15) is 24.5 Å². The molecular weight excluding hydrogens is 748 g/mol. The molecule has 0 heterocycles. The Balaban J connectivity index is 4.28. The Morgan fingerprint density at radius 2 is 1.09 bits per heavy atom. The van der Waals surface area contributed by atoms with Crippen molar-refractivity contribution in [1.82, 2.24) is 5.32 Å². The van der Waals surface area contributed by atoms with Crippen LogP contribution in [0.3, 0.4) is 0 Å². The molecule has 1 amide bonds. The number of nitrogens with two attached hydrogens (primary N) is 1. The van der Waals surface area contributed by atoms with E-state index in [1.165, 1.54) is 135 Å². The minimum atomic E-state index is -4.41. The molecule has 9 nitrogen and oxygen atoms in total. The Bertz CT molecular complexity index is 1070. The molecule has 0 aromatic heterocycles. The Morgan fingerprint density at radius 1 is 0.621 bits per heavy atom. The number of hydrogen-bond donors (Lipinski definition) is 5. The highest BCUT2D eigenvalue weighted by Crippen LogP contribution is 2.43. The monoisotopic (exact) mass is 839 g/mol.